The molecule has 3 heterocycles. The van der Waals surface area contributed by atoms with E-state index in [1.807, 2.05) is 49.2 Å². The highest BCUT2D eigenvalue weighted by Gasteiger charge is 2.32. The van der Waals surface area contributed by atoms with Crippen LogP contribution in [-0.2, 0) is 0 Å². The van der Waals surface area contributed by atoms with Gasteiger partial charge < -0.3 is 10.6 Å². The number of hydrogen-bond acceptors (Lipinski definition) is 5. The lowest BCUT2D eigenvalue weighted by Gasteiger charge is -2.37. The number of nitrogens with zero attached hydrogens (tertiary/aromatic N) is 5. The molecule has 0 radical (unpaired) electrons. The van der Waals surface area contributed by atoms with Crippen LogP contribution in [0.25, 0.3) is 16.5 Å². The van der Waals surface area contributed by atoms with Gasteiger partial charge in [0.1, 0.15) is 0 Å². The molecule has 2 N–H and O–H groups in total. The second-order valence-electron chi connectivity index (χ2n) is 7.23. The third kappa shape index (κ3) is 4.22. The van der Waals surface area contributed by atoms with Gasteiger partial charge >= 0.3 is 0 Å². The largest absolute Gasteiger partial charge is 0.333 e. The van der Waals surface area contributed by atoms with Crippen molar-refractivity contribution in [1.29, 1.82) is 0 Å². The number of rotatable bonds is 3. The van der Waals surface area contributed by atoms with Gasteiger partial charge in [0.2, 0.25) is 0 Å². The number of pyridine rings is 1. The Bertz CT molecular complexity index is 985. The van der Waals surface area contributed by atoms with E-state index in [2.05, 4.69) is 15.3 Å². The fourth-order valence-electron chi connectivity index (χ4n) is 3.94. The number of piperidine rings is 1. The summed E-state index contributed by atoms with van der Waals surface area (Å²) in [5.41, 5.74) is 8.15. The average Bonchev–Trinajstić information content (AvgIpc) is 3.08. The normalized spacial score (nSPS) is 17.3. The third-order valence-electron chi connectivity index (χ3n) is 5.40. The summed E-state index contributed by atoms with van der Waals surface area (Å²) in [6.07, 6.45) is 6.61. The van der Waals surface area contributed by atoms with Crippen LogP contribution in [0.4, 0.5) is 0 Å². The molecule has 1 aliphatic heterocycles. The zero-order valence-corrected chi connectivity index (χ0v) is 18.1. The molecule has 4 rings (SSSR count). The number of hydrogen-bond donors (Lipinski definition) is 1. The summed E-state index contributed by atoms with van der Waals surface area (Å²) in [6, 6.07) is 7.88. The minimum absolute atomic E-state index is 0. The Kier molecular flexibility index (Phi) is 7.57. The molecule has 0 aliphatic carbocycles. The zero-order valence-electron chi connectivity index (χ0n) is 16.5. The Morgan fingerprint density at radius 2 is 2.03 bits per heavy atom. The molecule has 0 saturated carbocycles. The molecular formula is C20H26Cl2N6O. The van der Waals surface area contributed by atoms with Crippen LogP contribution in [0.3, 0.4) is 0 Å². The molecule has 1 fully saturated rings. The van der Waals surface area contributed by atoms with E-state index in [1.165, 1.54) is 0 Å². The number of fused-ring (bicyclic) bond motifs is 1. The first-order valence-electron chi connectivity index (χ1n) is 9.40. The standard InChI is InChI=1S/C20H24N6O.2ClH/c1-13(21)17-7-3-4-11-25(17)20(27)19-14(2)26(24-23-19)18-8-5-6-15-12-22-10-9-16(15)18;;/h5-6,8-10,12-13,17H,3-4,7,11,21H2,1-2H3;2*1H. The lowest BCUT2D eigenvalue weighted by Crippen LogP contribution is -2.51. The van der Waals surface area contributed by atoms with Crippen molar-refractivity contribution in [3.05, 3.63) is 48.0 Å². The Morgan fingerprint density at radius 1 is 1.24 bits per heavy atom. The first-order valence-corrected chi connectivity index (χ1v) is 9.40. The molecule has 7 nitrogen and oxygen atoms in total. The van der Waals surface area contributed by atoms with E-state index in [-0.39, 0.29) is 42.8 Å². The van der Waals surface area contributed by atoms with E-state index in [9.17, 15) is 4.79 Å². The molecule has 3 aromatic rings. The van der Waals surface area contributed by atoms with Crippen LogP contribution < -0.4 is 5.73 Å². The van der Waals surface area contributed by atoms with Crippen LogP contribution in [0.15, 0.2) is 36.7 Å². The van der Waals surface area contributed by atoms with E-state index in [1.54, 1.807) is 10.9 Å². The summed E-state index contributed by atoms with van der Waals surface area (Å²) >= 11 is 0. The van der Waals surface area contributed by atoms with E-state index in [0.717, 1.165) is 48.0 Å². The monoisotopic (exact) mass is 436 g/mol. The van der Waals surface area contributed by atoms with Crippen molar-refractivity contribution in [1.82, 2.24) is 24.9 Å². The zero-order chi connectivity index (χ0) is 19.0. The fraction of sp³-hybridized carbons (Fsp3) is 0.400. The number of aromatic nitrogens is 4. The fourth-order valence-corrected chi connectivity index (χ4v) is 3.94. The summed E-state index contributed by atoms with van der Waals surface area (Å²) in [6.45, 7) is 4.57. The average molecular weight is 437 g/mol. The highest BCUT2D eigenvalue weighted by Crippen LogP contribution is 2.25. The van der Waals surface area contributed by atoms with Crippen molar-refractivity contribution in [2.75, 3.05) is 6.54 Å². The Balaban J connectivity index is 0.00000150. The maximum atomic E-state index is 13.2. The molecule has 2 unspecified atom stereocenters. The first kappa shape index (κ1) is 23.1. The highest BCUT2D eigenvalue weighted by molar-refractivity contribution is 5.94. The SMILES string of the molecule is Cc1c(C(=O)N2CCCCC2C(C)N)nnn1-c1cccc2cnccc12.Cl.Cl. The van der Waals surface area contributed by atoms with Crippen molar-refractivity contribution in [3.63, 3.8) is 0 Å². The molecule has 1 aromatic carbocycles. The van der Waals surface area contributed by atoms with Gasteiger partial charge in [0.15, 0.2) is 5.69 Å². The minimum atomic E-state index is -0.0809. The van der Waals surface area contributed by atoms with Gasteiger partial charge in [-0.05, 0) is 45.2 Å². The molecule has 2 aromatic heterocycles. The van der Waals surface area contributed by atoms with Crippen molar-refractivity contribution in [2.45, 2.75) is 45.2 Å². The number of benzene rings is 1. The molecule has 9 heteroatoms. The molecule has 1 saturated heterocycles. The Labute approximate surface area is 182 Å². The second-order valence-corrected chi connectivity index (χ2v) is 7.23. The maximum Gasteiger partial charge on any atom is 0.276 e. The van der Waals surface area contributed by atoms with Crippen molar-refractivity contribution >= 4 is 41.5 Å². The summed E-state index contributed by atoms with van der Waals surface area (Å²) in [4.78, 5) is 19.2. The minimum Gasteiger partial charge on any atom is -0.333 e. The van der Waals surface area contributed by atoms with Gasteiger partial charge in [-0.25, -0.2) is 4.68 Å². The number of carbonyl (C=O) groups is 1. The number of likely N-dealkylation sites (tertiary alicyclic amines) is 1. The predicted octanol–water partition coefficient (Wildman–Crippen LogP) is 3.31. The van der Waals surface area contributed by atoms with Crippen LogP contribution in [0.1, 0.15) is 42.4 Å². The summed E-state index contributed by atoms with van der Waals surface area (Å²) in [5, 5.41) is 10.6. The smallest absolute Gasteiger partial charge is 0.276 e. The number of amides is 1. The molecule has 1 amide bonds. The predicted molar refractivity (Wildman–Crippen MR) is 118 cm³/mol. The summed E-state index contributed by atoms with van der Waals surface area (Å²) < 4.78 is 1.74. The number of carbonyl (C=O) groups excluding carboxylic acids is 1. The van der Waals surface area contributed by atoms with Crippen molar-refractivity contribution < 1.29 is 4.79 Å². The first-order chi connectivity index (χ1) is 13.1. The molecule has 29 heavy (non-hydrogen) atoms. The van der Waals surface area contributed by atoms with Crippen LogP contribution in [0.2, 0.25) is 0 Å². The Hall–Kier alpha value is -2.22. The van der Waals surface area contributed by atoms with Crippen molar-refractivity contribution in [2.24, 2.45) is 5.73 Å². The van der Waals surface area contributed by atoms with Gasteiger partial charge in [0.25, 0.3) is 5.91 Å². The molecule has 156 valence electrons. The van der Waals surface area contributed by atoms with Gasteiger partial charge in [-0.2, -0.15) is 0 Å². The second kappa shape index (κ2) is 9.52. The molecule has 1 aliphatic rings. The van der Waals surface area contributed by atoms with Gasteiger partial charge in [-0.1, -0.05) is 17.3 Å². The van der Waals surface area contributed by atoms with Crippen LogP contribution in [0.5, 0.6) is 0 Å². The van der Waals surface area contributed by atoms with E-state index >= 15 is 0 Å². The molecule has 0 spiro atoms. The molecular weight excluding hydrogens is 411 g/mol. The van der Waals surface area contributed by atoms with E-state index < -0.39 is 0 Å². The number of nitrogens with two attached hydrogens (primary N) is 1. The summed E-state index contributed by atoms with van der Waals surface area (Å²) in [5.74, 6) is -0.0809. The van der Waals surface area contributed by atoms with Crippen LogP contribution >= 0.6 is 24.8 Å². The van der Waals surface area contributed by atoms with Crippen LogP contribution in [-0.4, -0.2) is 49.4 Å². The Morgan fingerprint density at radius 3 is 2.79 bits per heavy atom. The van der Waals surface area contributed by atoms with Gasteiger partial charge in [-0.3, -0.25) is 9.78 Å². The van der Waals surface area contributed by atoms with E-state index in [0.29, 0.717) is 5.69 Å². The van der Waals surface area contributed by atoms with Crippen LogP contribution in [0, 0.1) is 6.92 Å². The van der Waals surface area contributed by atoms with Gasteiger partial charge in [-0.15, -0.1) is 29.9 Å². The number of halogens is 2. The lowest BCUT2D eigenvalue weighted by molar-refractivity contribution is 0.0577. The van der Waals surface area contributed by atoms with Crippen molar-refractivity contribution in [3.8, 4) is 5.69 Å². The van der Waals surface area contributed by atoms with E-state index in [4.69, 9.17) is 5.73 Å². The quantitative estimate of drug-likeness (QED) is 0.679. The lowest BCUT2D eigenvalue weighted by atomic mass is 9.96. The van der Waals surface area contributed by atoms with Gasteiger partial charge in [0, 0.05) is 41.8 Å². The summed E-state index contributed by atoms with van der Waals surface area (Å²) in [7, 11) is 0. The maximum absolute atomic E-state index is 13.2. The third-order valence-corrected chi connectivity index (χ3v) is 5.40. The highest BCUT2D eigenvalue weighted by atomic mass is 35.5. The van der Waals surface area contributed by atoms with Gasteiger partial charge in [0.05, 0.1) is 11.4 Å². The molecule has 2 atom stereocenters. The molecule has 0 bridgehead atoms. The topological polar surface area (TPSA) is 89.9 Å².